The molecule has 0 aliphatic heterocycles. The van der Waals surface area contributed by atoms with E-state index in [1.807, 2.05) is 43.3 Å². The second-order valence-corrected chi connectivity index (χ2v) is 15.2. The summed E-state index contributed by atoms with van der Waals surface area (Å²) in [5, 5.41) is 0. The summed E-state index contributed by atoms with van der Waals surface area (Å²) in [6.45, 7) is 5.70. The van der Waals surface area contributed by atoms with Crippen LogP contribution in [0.3, 0.4) is 0 Å². The first-order chi connectivity index (χ1) is 21.3. The maximum absolute atomic E-state index is 11.5. The van der Waals surface area contributed by atoms with E-state index in [0.717, 1.165) is 59.4 Å². The van der Waals surface area contributed by atoms with Crippen molar-refractivity contribution < 1.29 is 23.7 Å². The fraction of sp³-hybridized carbons (Fsp3) is 0.457. The summed E-state index contributed by atoms with van der Waals surface area (Å²) < 4.78 is 25.4. The molecule has 0 heterocycles. The van der Waals surface area contributed by atoms with Crippen LogP contribution < -0.4 is 14.2 Å². The number of carbonyl (C=O) groups excluding carboxylic acids is 1. The van der Waals surface area contributed by atoms with Crippen LogP contribution in [0.1, 0.15) is 63.9 Å². The second-order valence-electron chi connectivity index (χ2n) is 11.3. The Hall–Kier alpha value is -1.68. The van der Waals surface area contributed by atoms with Crippen LogP contribution in [-0.2, 0) is 9.53 Å². The Morgan fingerprint density at radius 3 is 1.82 bits per heavy atom. The third-order valence-electron chi connectivity index (χ3n) is 7.63. The monoisotopic (exact) mass is 810 g/mol. The van der Waals surface area contributed by atoms with Gasteiger partial charge in [-0.15, -0.1) is 0 Å². The molecule has 0 spiro atoms. The zero-order valence-corrected chi connectivity index (χ0v) is 31.0. The molecule has 2 fully saturated rings. The van der Waals surface area contributed by atoms with Gasteiger partial charge in [0.15, 0.2) is 6.61 Å². The molecule has 0 aromatic heterocycles. The van der Waals surface area contributed by atoms with Crippen LogP contribution in [0, 0.1) is 18.8 Å². The largest absolute Gasteiger partial charge is 0.493 e. The molecule has 0 bridgehead atoms. The molecule has 5 rings (SSSR count). The average Bonchev–Trinajstić information content (AvgIpc) is 3.69. The Bertz CT molecular complexity index is 1340. The molecule has 44 heavy (non-hydrogen) atoms. The second kappa shape index (κ2) is 18.5. The molecule has 2 saturated carbocycles. The minimum atomic E-state index is -0.357. The van der Waals surface area contributed by atoms with Crippen LogP contribution >= 0.6 is 59.6 Å². The van der Waals surface area contributed by atoms with Gasteiger partial charge in [0.2, 0.25) is 0 Å². The molecule has 0 N–H and O–H groups in total. The van der Waals surface area contributed by atoms with Crippen LogP contribution in [-0.4, -0.2) is 32.4 Å². The van der Waals surface area contributed by atoms with Gasteiger partial charge in [0, 0.05) is 23.2 Å². The first-order valence-electron chi connectivity index (χ1n) is 15.4. The van der Waals surface area contributed by atoms with E-state index in [9.17, 15) is 4.79 Å². The first-order valence-corrected chi connectivity index (χ1v) is 18.6. The van der Waals surface area contributed by atoms with E-state index >= 15 is 0 Å². The fourth-order valence-electron chi connectivity index (χ4n) is 5.40. The molecule has 3 aromatic rings. The lowest BCUT2D eigenvalue weighted by Crippen LogP contribution is -2.14. The van der Waals surface area contributed by atoms with Gasteiger partial charge < -0.3 is 18.9 Å². The highest BCUT2D eigenvalue weighted by Crippen LogP contribution is 2.36. The van der Waals surface area contributed by atoms with Crippen LogP contribution in [0.4, 0.5) is 0 Å². The Labute approximate surface area is 291 Å². The number of benzene rings is 3. The van der Waals surface area contributed by atoms with Crippen LogP contribution in [0.25, 0.3) is 0 Å². The van der Waals surface area contributed by atoms with E-state index in [-0.39, 0.29) is 12.6 Å². The number of hydrogen-bond donors (Lipinski definition) is 0. The van der Waals surface area contributed by atoms with E-state index in [1.165, 1.54) is 51.4 Å². The van der Waals surface area contributed by atoms with E-state index in [2.05, 4.69) is 66.0 Å². The molecule has 5 nitrogen and oxygen atoms in total. The highest BCUT2D eigenvalue weighted by atomic mass is 79.9. The zero-order chi connectivity index (χ0) is 31.3. The van der Waals surface area contributed by atoms with Crippen molar-refractivity contribution in [2.75, 3.05) is 26.4 Å². The molecule has 2 aliphatic carbocycles. The van der Waals surface area contributed by atoms with Crippen LogP contribution in [0.2, 0.25) is 0 Å². The molecular formula is C35H41Br3O5S. The molecule has 0 saturated heterocycles. The summed E-state index contributed by atoms with van der Waals surface area (Å²) in [6.07, 6.45) is 10.6. The van der Waals surface area contributed by atoms with Gasteiger partial charge >= 0.3 is 5.97 Å². The van der Waals surface area contributed by atoms with Crippen molar-refractivity contribution >= 4 is 65.5 Å². The molecule has 238 valence electrons. The number of ether oxygens (including phenoxy) is 4. The molecule has 0 atom stereocenters. The smallest absolute Gasteiger partial charge is 0.344 e. The van der Waals surface area contributed by atoms with Crippen LogP contribution in [0.5, 0.6) is 17.2 Å². The highest BCUT2D eigenvalue weighted by Gasteiger charge is 2.17. The predicted molar refractivity (Wildman–Crippen MR) is 188 cm³/mol. The van der Waals surface area contributed by atoms with E-state index in [0.29, 0.717) is 18.3 Å². The molecule has 3 aromatic carbocycles. The molecule has 9 heteroatoms. The van der Waals surface area contributed by atoms with Gasteiger partial charge in [-0.3, -0.25) is 0 Å². The van der Waals surface area contributed by atoms with E-state index in [4.69, 9.17) is 18.9 Å². The Balaban J connectivity index is 0.000000246. The van der Waals surface area contributed by atoms with Gasteiger partial charge in [-0.2, -0.15) is 0 Å². The van der Waals surface area contributed by atoms with E-state index in [1.54, 1.807) is 18.7 Å². The summed E-state index contributed by atoms with van der Waals surface area (Å²) in [6, 6.07) is 18.2. The van der Waals surface area contributed by atoms with Crippen molar-refractivity contribution in [3.63, 3.8) is 0 Å². The average molecular weight is 813 g/mol. The van der Waals surface area contributed by atoms with Gasteiger partial charge in [-0.1, -0.05) is 85.2 Å². The minimum Gasteiger partial charge on any atom is -0.493 e. The maximum atomic E-state index is 11.5. The number of carbonyl (C=O) groups is 1. The number of hydrogen-bond acceptors (Lipinski definition) is 6. The topological polar surface area (TPSA) is 54.0 Å². The lowest BCUT2D eigenvalue weighted by molar-refractivity contribution is -0.145. The number of halogens is 3. The van der Waals surface area contributed by atoms with Crippen LogP contribution in [0.15, 0.2) is 77.8 Å². The summed E-state index contributed by atoms with van der Waals surface area (Å²) in [7, 11) is 0. The Morgan fingerprint density at radius 2 is 1.27 bits per heavy atom. The minimum absolute atomic E-state index is 0.0749. The van der Waals surface area contributed by atoms with Crippen molar-refractivity contribution in [2.45, 2.75) is 75.0 Å². The lowest BCUT2D eigenvalue weighted by atomic mass is 10.1. The molecule has 2 aliphatic rings. The summed E-state index contributed by atoms with van der Waals surface area (Å²) in [5.41, 5.74) is 0.979. The molecule has 0 radical (unpaired) electrons. The quantitative estimate of drug-likeness (QED) is 0.170. The third kappa shape index (κ3) is 12.3. The summed E-state index contributed by atoms with van der Waals surface area (Å²) in [5.74, 6) is 3.64. The molecule has 0 amide bonds. The van der Waals surface area contributed by atoms with Crippen molar-refractivity contribution in [3.05, 3.63) is 73.6 Å². The van der Waals surface area contributed by atoms with Gasteiger partial charge in [-0.25, -0.2) is 4.79 Å². The predicted octanol–water partition coefficient (Wildman–Crippen LogP) is 11.2. The molecule has 0 unspecified atom stereocenters. The maximum Gasteiger partial charge on any atom is 0.344 e. The Morgan fingerprint density at radius 1 is 0.727 bits per heavy atom. The fourth-order valence-corrected chi connectivity index (χ4v) is 8.28. The van der Waals surface area contributed by atoms with Crippen molar-refractivity contribution in [1.82, 2.24) is 0 Å². The van der Waals surface area contributed by atoms with Gasteiger partial charge in [-0.05, 0) is 112 Å². The van der Waals surface area contributed by atoms with E-state index < -0.39 is 0 Å². The standard InChI is InChI=1S/C23H27BrO4S.C12H14Br2O/c1-3-26-23(25)15-28-22-9-8-20(10-16(22)2)29-21-12-18(24)11-19(13-21)27-14-17-6-4-5-7-17;13-10-5-11(14)7-12(6-10)15-8-9-3-1-2-4-9/h8-13,17H,3-7,14-15H2,1-2H3;5-7,9H,1-4,8H2. The van der Waals surface area contributed by atoms with Gasteiger partial charge in [0.05, 0.1) is 19.8 Å². The zero-order valence-electron chi connectivity index (χ0n) is 25.4. The van der Waals surface area contributed by atoms with Gasteiger partial charge in [0.1, 0.15) is 17.2 Å². The van der Waals surface area contributed by atoms with Crippen molar-refractivity contribution in [1.29, 1.82) is 0 Å². The Kier molecular flexibility index (Phi) is 14.8. The molecular weight excluding hydrogens is 772 g/mol. The number of aryl methyl sites for hydroxylation is 1. The number of rotatable bonds is 12. The summed E-state index contributed by atoms with van der Waals surface area (Å²) >= 11 is 12.2. The van der Waals surface area contributed by atoms with Gasteiger partial charge in [0.25, 0.3) is 0 Å². The normalized spacial score (nSPS) is 15.0. The number of esters is 1. The van der Waals surface area contributed by atoms with Crippen molar-refractivity contribution in [3.8, 4) is 17.2 Å². The highest BCUT2D eigenvalue weighted by molar-refractivity contribution is 9.11. The third-order valence-corrected chi connectivity index (χ3v) is 9.97. The summed E-state index contributed by atoms with van der Waals surface area (Å²) in [4.78, 5) is 13.7. The van der Waals surface area contributed by atoms with Crippen molar-refractivity contribution in [2.24, 2.45) is 11.8 Å². The first kappa shape index (κ1) is 35.2. The lowest BCUT2D eigenvalue weighted by Gasteiger charge is -2.13. The SMILES string of the molecule is Brc1cc(Br)cc(OCC2CCCC2)c1.CCOC(=O)COc1ccc(Sc2cc(Br)cc(OCC3CCCC3)c2)cc1C.